The van der Waals surface area contributed by atoms with Gasteiger partial charge in [0.15, 0.2) is 11.5 Å². The maximum absolute atomic E-state index is 9.05. The first-order valence-corrected chi connectivity index (χ1v) is 6.20. The lowest BCUT2D eigenvalue weighted by Gasteiger charge is -2.15. The molecule has 1 unspecified atom stereocenters. The van der Waals surface area contributed by atoms with Crippen LogP contribution in [0.1, 0.15) is 23.5 Å². The topological polar surface area (TPSA) is 42.2 Å². The van der Waals surface area contributed by atoms with Crippen molar-refractivity contribution in [2.24, 2.45) is 0 Å². The average molecular weight is 251 g/mol. The zero-order chi connectivity index (χ0) is 13.1. The Morgan fingerprint density at radius 3 is 2.58 bits per heavy atom. The second-order valence-electron chi connectivity index (χ2n) is 4.44. The van der Waals surface area contributed by atoms with Gasteiger partial charge in [-0.3, -0.25) is 0 Å². The summed E-state index contributed by atoms with van der Waals surface area (Å²) in [5.41, 5.74) is 2.22. The first-order valence-electron chi connectivity index (χ1n) is 6.20. The third-order valence-electron chi connectivity index (χ3n) is 3.30. The van der Waals surface area contributed by atoms with Crippen LogP contribution in [-0.2, 0) is 0 Å². The van der Waals surface area contributed by atoms with Crippen LogP contribution in [0.25, 0.3) is 0 Å². The molecule has 2 aromatic rings. The van der Waals surface area contributed by atoms with Crippen molar-refractivity contribution in [2.45, 2.75) is 12.3 Å². The van der Waals surface area contributed by atoms with Gasteiger partial charge in [-0.25, -0.2) is 0 Å². The summed E-state index contributed by atoms with van der Waals surface area (Å²) in [5.74, 6) is 1.60. The molecule has 1 heterocycles. The van der Waals surface area contributed by atoms with Crippen molar-refractivity contribution in [1.82, 2.24) is 0 Å². The van der Waals surface area contributed by atoms with E-state index >= 15 is 0 Å². The Labute approximate surface area is 112 Å². The first-order chi connectivity index (χ1) is 9.38. The third-order valence-corrected chi connectivity index (χ3v) is 3.30. The van der Waals surface area contributed by atoms with Crippen LogP contribution in [0.5, 0.6) is 11.5 Å². The standard InChI is InChI=1S/C16H13NO2/c17-9-8-14(12-4-2-1-3-5-12)13-6-7-15-16(10-13)19-11-18-15/h1-7,10,14H,8,11H2. The summed E-state index contributed by atoms with van der Waals surface area (Å²) in [7, 11) is 0. The normalized spacial score (nSPS) is 13.8. The van der Waals surface area contributed by atoms with Crippen molar-refractivity contribution in [3.8, 4) is 17.6 Å². The molecule has 0 saturated heterocycles. The van der Waals surface area contributed by atoms with E-state index in [2.05, 4.69) is 6.07 Å². The van der Waals surface area contributed by atoms with E-state index in [0.717, 1.165) is 22.6 Å². The van der Waals surface area contributed by atoms with Gasteiger partial charge in [-0.15, -0.1) is 0 Å². The Bertz CT molecular complexity index is 616. The smallest absolute Gasteiger partial charge is 0.231 e. The summed E-state index contributed by atoms with van der Waals surface area (Å²) in [6.07, 6.45) is 0.448. The summed E-state index contributed by atoms with van der Waals surface area (Å²) in [6, 6.07) is 18.2. The summed E-state index contributed by atoms with van der Waals surface area (Å²) in [5, 5.41) is 9.05. The van der Waals surface area contributed by atoms with E-state index < -0.39 is 0 Å². The molecule has 0 aliphatic carbocycles. The average Bonchev–Trinajstić information content (AvgIpc) is 2.93. The number of nitriles is 1. The van der Waals surface area contributed by atoms with Crippen molar-refractivity contribution in [3.05, 3.63) is 59.7 Å². The highest BCUT2D eigenvalue weighted by atomic mass is 16.7. The molecule has 94 valence electrons. The quantitative estimate of drug-likeness (QED) is 0.838. The summed E-state index contributed by atoms with van der Waals surface area (Å²) in [6.45, 7) is 0.271. The minimum Gasteiger partial charge on any atom is -0.454 e. The molecule has 0 amide bonds. The van der Waals surface area contributed by atoms with Gasteiger partial charge in [-0.2, -0.15) is 5.26 Å². The molecule has 0 bridgehead atoms. The van der Waals surface area contributed by atoms with Gasteiger partial charge < -0.3 is 9.47 Å². The van der Waals surface area contributed by atoms with E-state index in [9.17, 15) is 0 Å². The Kier molecular flexibility index (Phi) is 3.07. The zero-order valence-corrected chi connectivity index (χ0v) is 10.4. The molecule has 3 nitrogen and oxygen atoms in total. The molecule has 3 heteroatoms. The number of ether oxygens (including phenoxy) is 2. The van der Waals surface area contributed by atoms with Gasteiger partial charge in [0.1, 0.15) is 0 Å². The van der Waals surface area contributed by atoms with Crippen LogP contribution in [-0.4, -0.2) is 6.79 Å². The monoisotopic (exact) mass is 251 g/mol. The molecule has 1 aliphatic heterocycles. The van der Waals surface area contributed by atoms with E-state index in [1.54, 1.807) is 0 Å². The molecule has 0 spiro atoms. The Morgan fingerprint density at radius 2 is 1.79 bits per heavy atom. The number of hydrogen-bond donors (Lipinski definition) is 0. The highest BCUT2D eigenvalue weighted by Gasteiger charge is 2.19. The van der Waals surface area contributed by atoms with Crippen LogP contribution in [0, 0.1) is 11.3 Å². The molecule has 1 atom stereocenters. The number of nitrogens with zero attached hydrogens (tertiary/aromatic N) is 1. The molecular weight excluding hydrogens is 238 g/mol. The largest absolute Gasteiger partial charge is 0.454 e. The molecular formula is C16H13NO2. The van der Waals surface area contributed by atoms with Gasteiger partial charge in [-0.1, -0.05) is 36.4 Å². The van der Waals surface area contributed by atoms with Gasteiger partial charge in [0, 0.05) is 12.3 Å². The summed E-state index contributed by atoms with van der Waals surface area (Å²) in [4.78, 5) is 0. The Morgan fingerprint density at radius 1 is 1.00 bits per heavy atom. The predicted octanol–water partition coefficient (Wildman–Crippen LogP) is 3.46. The number of benzene rings is 2. The van der Waals surface area contributed by atoms with Gasteiger partial charge in [0.2, 0.25) is 6.79 Å². The third kappa shape index (κ3) is 2.25. The van der Waals surface area contributed by atoms with Gasteiger partial charge in [-0.05, 0) is 23.3 Å². The Hall–Kier alpha value is -2.47. The number of rotatable bonds is 3. The second kappa shape index (κ2) is 5.03. The molecule has 0 aromatic heterocycles. The van der Waals surface area contributed by atoms with E-state index in [-0.39, 0.29) is 12.7 Å². The number of hydrogen-bond acceptors (Lipinski definition) is 3. The Balaban J connectivity index is 1.99. The SMILES string of the molecule is N#CCC(c1ccccc1)c1ccc2c(c1)OCO2. The number of fused-ring (bicyclic) bond motifs is 1. The molecule has 2 aromatic carbocycles. The van der Waals surface area contributed by atoms with E-state index in [0.29, 0.717) is 6.42 Å². The van der Waals surface area contributed by atoms with Crippen molar-refractivity contribution in [1.29, 1.82) is 5.26 Å². The molecule has 3 rings (SSSR count). The van der Waals surface area contributed by atoms with Crippen LogP contribution >= 0.6 is 0 Å². The van der Waals surface area contributed by atoms with Gasteiger partial charge in [0.25, 0.3) is 0 Å². The fourth-order valence-corrected chi connectivity index (χ4v) is 2.33. The van der Waals surface area contributed by atoms with Crippen LogP contribution in [0.15, 0.2) is 48.5 Å². The van der Waals surface area contributed by atoms with Crippen LogP contribution in [0.2, 0.25) is 0 Å². The fourth-order valence-electron chi connectivity index (χ4n) is 2.33. The maximum atomic E-state index is 9.05. The summed E-state index contributed by atoms with van der Waals surface area (Å²) >= 11 is 0. The lowest BCUT2D eigenvalue weighted by atomic mass is 9.89. The van der Waals surface area contributed by atoms with Crippen molar-refractivity contribution < 1.29 is 9.47 Å². The van der Waals surface area contributed by atoms with Gasteiger partial charge in [0.05, 0.1) is 6.07 Å². The minimum atomic E-state index is 0.0701. The molecule has 19 heavy (non-hydrogen) atoms. The minimum absolute atomic E-state index is 0.0701. The predicted molar refractivity (Wildman–Crippen MR) is 71.1 cm³/mol. The molecule has 0 saturated carbocycles. The highest BCUT2D eigenvalue weighted by molar-refractivity contribution is 5.47. The van der Waals surface area contributed by atoms with Crippen LogP contribution in [0.4, 0.5) is 0 Å². The maximum Gasteiger partial charge on any atom is 0.231 e. The lowest BCUT2D eigenvalue weighted by Crippen LogP contribution is -2.00. The molecule has 0 N–H and O–H groups in total. The first kappa shape index (κ1) is 11.6. The molecule has 1 aliphatic rings. The zero-order valence-electron chi connectivity index (χ0n) is 10.4. The van der Waals surface area contributed by atoms with Crippen molar-refractivity contribution in [3.63, 3.8) is 0 Å². The molecule has 0 fully saturated rings. The van der Waals surface area contributed by atoms with E-state index in [1.165, 1.54) is 0 Å². The van der Waals surface area contributed by atoms with Crippen molar-refractivity contribution >= 4 is 0 Å². The van der Waals surface area contributed by atoms with Crippen molar-refractivity contribution in [2.75, 3.05) is 6.79 Å². The van der Waals surface area contributed by atoms with E-state index in [4.69, 9.17) is 14.7 Å². The summed E-state index contributed by atoms with van der Waals surface area (Å²) < 4.78 is 10.7. The van der Waals surface area contributed by atoms with Gasteiger partial charge >= 0.3 is 0 Å². The highest BCUT2D eigenvalue weighted by Crippen LogP contribution is 2.37. The fraction of sp³-hybridized carbons (Fsp3) is 0.188. The lowest BCUT2D eigenvalue weighted by molar-refractivity contribution is 0.174. The molecule has 0 radical (unpaired) electrons. The van der Waals surface area contributed by atoms with Crippen LogP contribution < -0.4 is 9.47 Å². The van der Waals surface area contributed by atoms with E-state index in [1.807, 2.05) is 48.5 Å². The second-order valence-corrected chi connectivity index (χ2v) is 4.44. The van der Waals surface area contributed by atoms with Crippen LogP contribution in [0.3, 0.4) is 0 Å².